The maximum Gasteiger partial charge on any atom is 0.123 e. The van der Waals surface area contributed by atoms with Crippen LogP contribution in [0.1, 0.15) is 18.4 Å². The van der Waals surface area contributed by atoms with E-state index in [0.29, 0.717) is 5.75 Å². The van der Waals surface area contributed by atoms with Crippen LogP contribution in [-0.2, 0) is 6.42 Å². The second kappa shape index (κ2) is 4.62. The molecule has 1 saturated carbocycles. The number of rotatable bonds is 4. The van der Waals surface area contributed by atoms with Crippen LogP contribution in [-0.4, -0.2) is 29.6 Å². The standard InChI is InChI=1S/C16H19NO/c1-17(14-8-9-14)11-10-13-5-2-4-12-6-3-7-15(18)16(12)13/h2-7,14,18H,8-11H2,1H3. The summed E-state index contributed by atoms with van der Waals surface area (Å²) in [6, 6.07) is 12.8. The molecule has 0 saturated heterocycles. The molecule has 0 bridgehead atoms. The monoisotopic (exact) mass is 241 g/mol. The average molecular weight is 241 g/mol. The molecule has 0 aliphatic heterocycles. The van der Waals surface area contributed by atoms with Gasteiger partial charge in [0.2, 0.25) is 0 Å². The zero-order valence-electron chi connectivity index (χ0n) is 10.8. The number of aromatic hydroxyl groups is 1. The molecule has 18 heavy (non-hydrogen) atoms. The smallest absolute Gasteiger partial charge is 0.123 e. The SMILES string of the molecule is CN(CCc1cccc2cccc(O)c12)C1CC1. The first-order chi connectivity index (χ1) is 8.75. The molecule has 0 heterocycles. The minimum atomic E-state index is 0.400. The molecule has 0 amide bonds. The Morgan fingerprint density at radius 1 is 1.17 bits per heavy atom. The number of hydrogen-bond acceptors (Lipinski definition) is 2. The van der Waals surface area contributed by atoms with Crippen LogP contribution in [0.15, 0.2) is 36.4 Å². The van der Waals surface area contributed by atoms with Crippen molar-refractivity contribution in [1.29, 1.82) is 0 Å². The summed E-state index contributed by atoms with van der Waals surface area (Å²) < 4.78 is 0. The Labute approximate surface area is 108 Å². The lowest BCUT2D eigenvalue weighted by atomic mass is 10.0. The third-order valence-electron chi connectivity index (χ3n) is 3.87. The number of phenolic OH excluding ortho intramolecular Hbond substituents is 1. The number of benzene rings is 2. The molecule has 1 aliphatic carbocycles. The summed E-state index contributed by atoms with van der Waals surface area (Å²) in [5, 5.41) is 12.2. The predicted molar refractivity (Wildman–Crippen MR) is 75.0 cm³/mol. The van der Waals surface area contributed by atoms with Crippen molar-refractivity contribution in [3.8, 4) is 5.75 Å². The summed E-state index contributed by atoms with van der Waals surface area (Å²) in [4.78, 5) is 2.43. The largest absolute Gasteiger partial charge is 0.507 e. The van der Waals surface area contributed by atoms with E-state index in [1.54, 1.807) is 6.07 Å². The second-order valence-corrected chi connectivity index (χ2v) is 5.25. The summed E-state index contributed by atoms with van der Waals surface area (Å²) in [6.45, 7) is 1.07. The Kier molecular flexibility index (Phi) is 2.96. The van der Waals surface area contributed by atoms with Gasteiger partial charge in [0.25, 0.3) is 0 Å². The Hall–Kier alpha value is -1.54. The molecule has 1 aliphatic rings. The zero-order valence-corrected chi connectivity index (χ0v) is 10.8. The average Bonchev–Trinajstić information content (AvgIpc) is 3.20. The van der Waals surface area contributed by atoms with E-state index in [0.717, 1.165) is 29.8 Å². The molecular formula is C16H19NO. The van der Waals surface area contributed by atoms with E-state index < -0.39 is 0 Å². The maximum absolute atomic E-state index is 10.0. The Balaban J connectivity index is 1.86. The molecular weight excluding hydrogens is 222 g/mol. The Morgan fingerprint density at radius 2 is 1.89 bits per heavy atom. The van der Waals surface area contributed by atoms with Gasteiger partial charge in [0.15, 0.2) is 0 Å². The minimum Gasteiger partial charge on any atom is -0.507 e. The van der Waals surface area contributed by atoms with E-state index in [4.69, 9.17) is 0 Å². The lowest BCUT2D eigenvalue weighted by Crippen LogP contribution is -2.23. The van der Waals surface area contributed by atoms with Crippen LogP contribution in [0.3, 0.4) is 0 Å². The van der Waals surface area contributed by atoms with Crippen molar-refractivity contribution in [3.05, 3.63) is 42.0 Å². The first-order valence-electron chi connectivity index (χ1n) is 6.65. The van der Waals surface area contributed by atoms with Crippen molar-refractivity contribution in [2.75, 3.05) is 13.6 Å². The first-order valence-corrected chi connectivity index (χ1v) is 6.65. The number of fused-ring (bicyclic) bond motifs is 1. The topological polar surface area (TPSA) is 23.5 Å². The van der Waals surface area contributed by atoms with Crippen molar-refractivity contribution in [1.82, 2.24) is 4.90 Å². The molecule has 94 valence electrons. The lowest BCUT2D eigenvalue weighted by Gasteiger charge is -2.16. The molecule has 0 radical (unpaired) electrons. The Morgan fingerprint density at radius 3 is 2.61 bits per heavy atom. The highest BCUT2D eigenvalue weighted by atomic mass is 16.3. The van der Waals surface area contributed by atoms with Gasteiger partial charge in [-0.2, -0.15) is 0 Å². The summed E-state index contributed by atoms with van der Waals surface area (Å²) in [7, 11) is 2.20. The molecule has 2 heteroatoms. The molecule has 1 fully saturated rings. The summed E-state index contributed by atoms with van der Waals surface area (Å²) in [6.07, 6.45) is 3.69. The number of hydrogen-bond donors (Lipinski definition) is 1. The lowest BCUT2D eigenvalue weighted by molar-refractivity contribution is 0.329. The Bertz CT molecular complexity index is 555. The fraction of sp³-hybridized carbons (Fsp3) is 0.375. The van der Waals surface area contributed by atoms with Gasteiger partial charge >= 0.3 is 0 Å². The third-order valence-corrected chi connectivity index (χ3v) is 3.87. The minimum absolute atomic E-state index is 0.400. The molecule has 1 N–H and O–H groups in total. The predicted octanol–water partition coefficient (Wildman–Crippen LogP) is 3.18. The highest BCUT2D eigenvalue weighted by molar-refractivity contribution is 5.91. The van der Waals surface area contributed by atoms with Gasteiger partial charge in [-0.3, -0.25) is 0 Å². The molecule has 3 rings (SSSR count). The number of likely N-dealkylation sites (N-methyl/N-ethyl adjacent to an activating group) is 1. The van der Waals surface area contributed by atoms with Gasteiger partial charge in [-0.1, -0.05) is 30.3 Å². The van der Waals surface area contributed by atoms with Crippen LogP contribution in [0.25, 0.3) is 10.8 Å². The molecule has 2 nitrogen and oxygen atoms in total. The quantitative estimate of drug-likeness (QED) is 0.888. The normalized spacial score (nSPS) is 15.4. The number of phenols is 1. The van der Waals surface area contributed by atoms with Crippen molar-refractivity contribution < 1.29 is 5.11 Å². The van der Waals surface area contributed by atoms with Gasteiger partial charge in [0.1, 0.15) is 5.75 Å². The van der Waals surface area contributed by atoms with Gasteiger partial charge < -0.3 is 10.0 Å². The van der Waals surface area contributed by atoms with E-state index in [1.165, 1.54) is 18.4 Å². The number of nitrogens with zero attached hydrogens (tertiary/aromatic N) is 1. The molecule has 2 aromatic rings. The van der Waals surface area contributed by atoms with Gasteiger partial charge in [0, 0.05) is 18.0 Å². The highest BCUT2D eigenvalue weighted by Gasteiger charge is 2.25. The fourth-order valence-electron chi connectivity index (χ4n) is 2.60. The summed E-state index contributed by atoms with van der Waals surface area (Å²) in [5.41, 5.74) is 1.25. The van der Waals surface area contributed by atoms with E-state index in [9.17, 15) is 5.11 Å². The van der Waals surface area contributed by atoms with Crippen LogP contribution >= 0.6 is 0 Å². The van der Waals surface area contributed by atoms with Crippen LogP contribution in [0.5, 0.6) is 5.75 Å². The molecule has 0 spiro atoms. The van der Waals surface area contributed by atoms with Gasteiger partial charge in [-0.05, 0) is 43.3 Å². The van der Waals surface area contributed by atoms with Crippen molar-refractivity contribution >= 4 is 10.8 Å². The second-order valence-electron chi connectivity index (χ2n) is 5.25. The molecule has 0 atom stereocenters. The van der Waals surface area contributed by atoms with E-state index in [2.05, 4.69) is 36.2 Å². The fourth-order valence-corrected chi connectivity index (χ4v) is 2.60. The molecule has 0 aromatic heterocycles. The first kappa shape index (κ1) is 11.5. The van der Waals surface area contributed by atoms with Crippen LogP contribution in [0, 0.1) is 0 Å². The maximum atomic E-state index is 10.0. The summed E-state index contributed by atoms with van der Waals surface area (Å²) in [5.74, 6) is 0.400. The van der Waals surface area contributed by atoms with Crippen LogP contribution in [0.4, 0.5) is 0 Å². The van der Waals surface area contributed by atoms with E-state index in [1.807, 2.05) is 6.07 Å². The third kappa shape index (κ3) is 2.21. The van der Waals surface area contributed by atoms with Gasteiger partial charge in [0.05, 0.1) is 0 Å². The van der Waals surface area contributed by atoms with Crippen LogP contribution < -0.4 is 0 Å². The van der Waals surface area contributed by atoms with Gasteiger partial charge in [-0.15, -0.1) is 0 Å². The van der Waals surface area contributed by atoms with Gasteiger partial charge in [-0.25, -0.2) is 0 Å². The summed E-state index contributed by atoms with van der Waals surface area (Å²) >= 11 is 0. The van der Waals surface area contributed by atoms with Crippen molar-refractivity contribution in [2.45, 2.75) is 25.3 Å². The van der Waals surface area contributed by atoms with Crippen LogP contribution in [0.2, 0.25) is 0 Å². The van der Waals surface area contributed by atoms with Crippen molar-refractivity contribution in [3.63, 3.8) is 0 Å². The highest BCUT2D eigenvalue weighted by Crippen LogP contribution is 2.29. The zero-order chi connectivity index (χ0) is 12.5. The molecule has 0 unspecified atom stereocenters. The van der Waals surface area contributed by atoms with Crippen molar-refractivity contribution in [2.24, 2.45) is 0 Å². The molecule has 2 aromatic carbocycles. The van der Waals surface area contributed by atoms with E-state index in [-0.39, 0.29) is 0 Å². The van der Waals surface area contributed by atoms with E-state index >= 15 is 0 Å².